The van der Waals surface area contributed by atoms with Gasteiger partial charge in [0.1, 0.15) is 18.1 Å². The Morgan fingerprint density at radius 1 is 1.07 bits per heavy atom. The van der Waals surface area contributed by atoms with E-state index in [2.05, 4.69) is 31.8 Å². The Balaban J connectivity index is 1.59. The fourth-order valence-corrected chi connectivity index (χ4v) is 3.03. The molecule has 0 heterocycles. The highest BCUT2D eigenvalue weighted by molar-refractivity contribution is 9.10. The minimum Gasteiger partial charge on any atom is -0.497 e. The van der Waals surface area contributed by atoms with Crippen LogP contribution in [0.1, 0.15) is 11.1 Å². The van der Waals surface area contributed by atoms with Gasteiger partial charge in [0.05, 0.1) is 13.3 Å². The van der Waals surface area contributed by atoms with Crippen molar-refractivity contribution in [2.75, 3.05) is 12.4 Å². The van der Waals surface area contributed by atoms with Crippen LogP contribution in [0, 0.1) is 0 Å². The summed E-state index contributed by atoms with van der Waals surface area (Å²) in [4.78, 5) is 0. The lowest BCUT2D eigenvalue weighted by Crippen LogP contribution is -2.23. The Labute approximate surface area is 183 Å². The molecular formula is C22H20BrN3O2S. The van der Waals surface area contributed by atoms with Crippen molar-refractivity contribution in [2.24, 2.45) is 5.10 Å². The van der Waals surface area contributed by atoms with Gasteiger partial charge in [-0.25, -0.2) is 0 Å². The quantitative estimate of drug-likeness (QED) is 0.277. The standard InChI is InChI=1S/C22H20BrN3O2S/c1-27-20-10-8-19(9-11-20)25-22(29)26-24-14-17-13-18(23)7-12-21(17)28-15-16-5-3-2-4-6-16/h2-14H,15H2,1H3,(H2,25,26,29)/b24-14+. The maximum Gasteiger partial charge on any atom is 0.191 e. The van der Waals surface area contributed by atoms with Gasteiger partial charge in [-0.3, -0.25) is 5.43 Å². The van der Waals surface area contributed by atoms with E-state index in [0.29, 0.717) is 11.7 Å². The van der Waals surface area contributed by atoms with Gasteiger partial charge in [-0.1, -0.05) is 46.3 Å². The average Bonchev–Trinajstić information content (AvgIpc) is 2.74. The Bertz CT molecular complexity index is 979. The highest BCUT2D eigenvalue weighted by Crippen LogP contribution is 2.23. The van der Waals surface area contributed by atoms with Crippen LogP contribution in [0.4, 0.5) is 5.69 Å². The molecular weight excluding hydrogens is 450 g/mol. The number of hydrogen-bond acceptors (Lipinski definition) is 4. The maximum atomic E-state index is 5.95. The molecule has 3 rings (SSSR count). The second-order valence-electron chi connectivity index (χ2n) is 6.01. The molecule has 0 unspecified atom stereocenters. The Hall–Kier alpha value is -2.90. The van der Waals surface area contributed by atoms with Crippen LogP contribution >= 0.6 is 28.1 Å². The predicted octanol–water partition coefficient (Wildman–Crippen LogP) is 5.36. The van der Waals surface area contributed by atoms with Gasteiger partial charge >= 0.3 is 0 Å². The summed E-state index contributed by atoms with van der Waals surface area (Å²) in [5.41, 5.74) is 5.58. The zero-order valence-electron chi connectivity index (χ0n) is 15.8. The third-order valence-electron chi connectivity index (χ3n) is 3.93. The van der Waals surface area contributed by atoms with Crippen LogP contribution in [-0.4, -0.2) is 18.4 Å². The fraction of sp³-hybridized carbons (Fsp3) is 0.0909. The molecule has 0 radical (unpaired) electrons. The molecule has 0 aromatic heterocycles. The van der Waals surface area contributed by atoms with Gasteiger partial charge in [0, 0.05) is 15.7 Å². The Morgan fingerprint density at radius 3 is 2.55 bits per heavy atom. The Kier molecular flexibility index (Phi) is 7.61. The molecule has 2 N–H and O–H groups in total. The molecule has 148 valence electrons. The lowest BCUT2D eigenvalue weighted by Gasteiger charge is -2.10. The van der Waals surface area contributed by atoms with E-state index in [1.807, 2.05) is 72.8 Å². The second-order valence-corrected chi connectivity index (χ2v) is 7.33. The molecule has 0 spiro atoms. The number of methoxy groups -OCH3 is 1. The average molecular weight is 470 g/mol. The van der Waals surface area contributed by atoms with E-state index in [9.17, 15) is 0 Å². The molecule has 7 heteroatoms. The summed E-state index contributed by atoms with van der Waals surface area (Å²) in [5, 5.41) is 7.67. The third kappa shape index (κ3) is 6.58. The van der Waals surface area contributed by atoms with Crippen LogP contribution in [0.3, 0.4) is 0 Å². The molecule has 3 aromatic carbocycles. The van der Waals surface area contributed by atoms with E-state index in [4.69, 9.17) is 21.7 Å². The highest BCUT2D eigenvalue weighted by atomic mass is 79.9. The van der Waals surface area contributed by atoms with Crippen molar-refractivity contribution in [2.45, 2.75) is 6.61 Å². The number of anilines is 1. The van der Waals surface area contributed by atoms with E-state index in [1.165, 1.54) is 0 Å². The molecule has 0 fully saturated rings. The summed E-state index contributed by atoms with van der Waals surface area (Å²) < 4.78 is 12.0. The van der Waals surface area contributed by atoms with Crippen LogP contribution in [-0.2, 0) is 6.61 Å². The SMILES string of the molecule is COc1ccc(NC(=S)N/N=C/c2cc(Br)ccc2OCc2ccccc2)cc1. The van der Waals surface area contributed by atoms with Crippen LogP contribution in [0.25, 0.3) is 0 Å². The number of benzene rings is 3. The minimum absolute atomic E-state index is 0.383. The van der Waals surface area contributed by atoms with Crippen molar-refractivity contribution in [3.05, 3.63) is 88.4 Å². The van der Waals surface area contributed by atoms with Gasteiger partial charge in [-0.2, -0.15) is 5.10 Å². The number of halogens is 1. The first kappa shape index (κ1) is 20.8. The first-order chi connectivity index (χ1) is 14.1. The van der Waals surface area contributed by atoms with Gasteiger partial charge in [0.2, 0.25) is 0 Å². The number of nitrogens with one attached hydrogen (secondary N) is 2. The van der Waals surface area contributed by atoms with Crippen LogP contribution in [0.5, 0.6) is 11.5 Å². The van der Waals surface area contributed by atoms with Crippen LogP contribution in [0.15, 0.2) is 82.4 Å². The highest BCUT2D eigenvalue weighted by Gasteiger charge is 2.04. The van der Waals surface area contributed by atoms with Crippen molar-refractivity contribution in [3.8, 4) is 11.5 Å². The van der Waals surface area contributed by atoms with E-state index >= 15 is 0 Å². The maximum absolute atomic E-state index is 5.95. The van der Waals surface area contributed by atoms with Gasteiger partial charge in [-0.05, 0) is 60.2 Å². The fourth-order valence-electron chi connectivity index (χ4n) is 2.48. The molecule has 0 aliphatic heterocycles. The summed E-state index contributed by atoms with van der Waals surface area (Å²) in [6.07, 6.45) is 1.67. The smallest absolute Gasteiger partial charge is 0.191 e. The van der Waals surface area contributed by atoms with E-state index in [0.717, 1.165) is 32.8 Å². The van der Waals surface area contributed by atoms with Crippen molar-refractivity contribution in [3.63, 3.8) is 0 Å². The minimum atomic E-state index is 0.383. The second kappa shape index (κ2) is 10.6. The topological polar surface area (TPSA) is 54.9 Å². The van der Waals surface area contributed by atoms with Crippen LogP contribution < -0.4 is 20.2 Å². The number of nitrogens with zero attached hydrogens (tertiary/aromatic N) is 1. The molecule has 0 saturated carbocycles. The van der Waals surface area contributed by atoms with Gasteiger partial charge in [0.25, 0.3) is 0 Å². The monoisotopic (exact) mass is 469 g/mol. The molecule has 5 nitrogen and oxygen atoms in total. The van der Waals surface area contributed by atoms with Gasteiger partial charge < -0.3 is 14.8 Å². The molecule has 0 amide bonds. The van der Waals surface area contributed by atoms with Crippen molar-refractivity contribution < 1.29 is 9.47 Å². The zero-order chi connectivity index (χ0) is 20.5. The first-order valence-corrected chi connectivity index (χ1v) is 10.0. The van der Waals surface area contributed by atoms with E-state index < -0.39 is 0 Å². The molecule has 0 aliphatic carbocycles. The molecule has 0 saturated heterocycles. The first-order valence-electron chi connectivity index (χ1n) is 8.84. The van der Waals surface area contributed by atoms with E-state index in [-0.39, 0.29) is 0 Å². The number of hydrogen-bond donors (Lipinski definition) is 2. The number of thiocarbonyl (C=S) groups is 1. The van der Waals surface area contributed by atoms with Gasteiger partial charge in [0.15, 0.2) is 5.11 Å². The van der Waals surface area contributed by atoms with Crippen molar-refractivity contribution in [1.29, 1.82) is 0 Å². The largest absolute Gasteiger partial charge is 0.497 e. The zero-order valence-corrected chi connectivity index (χ0v) is 18.2. The van der Waals surface area contributed by atoms with E-state index in [1.54, 1.807) is 13.3 Å². The molecule has 0 aliphatic rings. The summed E-state index contributed by atoms with van der Waals surface area (Å²) in [5.74, 6) is 1.52. The lowest BCUT2D eigenvalue weighted by atomic mass is 10.2. The third-order valence-corrected chi connectivity index (χ3v) is 4.61. The van der Waals surface area contributed by atoms with Crippen LogP contribution in [0.2, 0.25) is 0 Å². The molecule has 0 bridgehead atoms. The van der Waals surface area contributed by atoms with Crippen molar-refractivity contribution in [1.82, 2.24) is 5.43 Å². The molecule has 29 heavy (non-hydrogen) atoms. The number of ether oxygens (including phenoxy) is 2. The Morgan fingerprint density at radius 2 is 1.83 bits per heavy atom. The summed E-state index contributed by atoms with van der Waals surface area (Å²) >= 11 is 8.76. The number of hydrazone groups is 1. The van der Waals surface area contributed by atoms with Gasteiger partial charge in [-0.15, -0.1) is 0 Å². The number of rotatable bonds is 7. The normalized spacial score (nSPS) is 10.6. The van der Waals surface area contributed by atoms with Crippen molar-refractivity contribution >= 4 is 45.2 Å². The lowest BCUT2D eigenvalue weighted by molar-refractivity contribution is 0.306. The summed E-state index contributed by atoms with van der Waals surface area (Å²) in [6, 6.07) is 23.2. The summed E-state index contributed by atoms with van der Waals surface area (Å²) in [7, 11) is 1.63. The predicted molar refractivity (Wildman–Crippen MR) is 125 cm³/mol. The summed E-state index contributed by atoms with van der Waals surface area (Å²) in [6.45, 7) is 0.480. The molecule has 0 atom stereocenters. The molecule has 3 aromatic rings.